The van der Waals surface area contributed by atoms with Crippen LogP contribution in [-0.4, -0.2) is 57.7 Å². The van der Waals surface area contributed by atoms with Crippen molar-refractivity contribution in [3.63, 3.8) is 0 Å². The van der Waals surface area contributed by atoms with Gasteiger partial charge >= 0.3 is 0 Å². The van der Waals surface area contributed by atoms with Gasteiger partial charge in [0.15, 0.2) is 0 Å². The molecular weight excluding hydrogens is 166 g/mol. The zero-order chi connectivity index (χ0) is 10.4. The third-order valence-corrected chi connectivity index (χ3v) is 1.45. The fourth-order valence-electron chi connectivity index (χ4n) is 0.629. The van der Waals surface area contributed by atoms with Gasteiger partial charge in [-0.05, 0) is 0 Å². The summed E-state index contributed by atoms with van der Waals surface area (Å²) in [4.78, 5) is 10.2. The predicted molar refractivity (Wildman–Crippen MR) is 39.1 cm³/mol. The highest BCUT2D eigenvalue weighted by atomic mass is 16.4. The Kier molecular flexibility index (Phi) is 4.12. The topological polar surface area (TPSA) is 124 Å². The van der Waals surface area contributed by atoms with Crippen molar-refractivity contribution >= 4 is 6.29 Å². The Balaban J connectivity index is 4.21. The van der Waals surface area contributed by atoms with E-state index in [1.165, 1.54) is 0 Å². The summed E-state index contributed by atoms with van der Waals surface area (Å²) in [5, 5.41) is 35.5. The molecule has 72 valence electrons. The van der Waals surface area contributed by atoms with E-state index in [1.807, 2.05) is 0 Å². The number of rotatable bonds is 6. The molecule has 0 aliphatic carbocycles. The Morgan fingerprint density at radius 1 is 1.42 bits per heavy atom. The molecule has 0 rings (SSSR count). The zero-order valence-electron chi connectivity index (χ0n) is 7.29. The van der Waals surface area contributed by atoms with Crippen LogP contribution in [0.25, 0.3) is 0 Å². The molecule has 6 nitrogen and oxygen atoms in total. The van der Waals surface area contributed by atoms with Gasteiger partial charge in [0.1, 0.15) is 26.0 Å². The highest BCUT2D eigenvalue weighted by Gasteiger charge is 2.28. The third-order valence-electron chi connectivity index (χ3n) is 1.45. The minimum absolute atomic E-state index is 0.227. The lowest BCUT2D eigenvalue weighted by Crippen LogP contribution is -2.49. The molecule has 6 N–H and O–H groups in total. The Labute approximate surface area is 70.7 Å². The summed E-state index contributed by atoms with van der Waals surface area (Å²) >= 11 is 0. The summed E-state index contributed by atoms with van der Waals surface area (Å²) in [6.07, 6.45) is -4.61. The van der Waals surface area contributed by atoms with Gasteiger partial charge in [0.25, 0.3) is 0 Å². The summed E-state index contributed by atoms with van der Waals surface area (Å²) in [5.41, 5.74) is 1.69. The quantitative estimate of drug-likeness (QED) is 0.271. The Hall–Kier alpha value is -0.530. The van der Waals surface area contributed by atoms with E-state index in [1.54, 1.807) is 5.73 Å². The zero-order valence-corrected chi connectivity index (χ0v) is 6.29. The first-order chi connectivity index (χ1) is 6.08. The minimum atomic E-state index is -1.67. The molecule has 0 amide bonds. The summed E-state index contributed by atoms with van der Waals surface area (Å²) in [5.74, 6) is 0. The first kappa shape index (κ1) is 9.56. The van der Waals surface area contributed by atoms with Crippen LogP contribution in [0.3, 0.4) is 0 Å². The standard InChI is InChI=1S/C6H13NO5/c7-3(1-8)5(11)6(12)4(10)2-9/h1,3-6,9-12H,2,7H2/t3-,4+,5+,6+/m0/s1/i/hD. The Morgan fingerprint density at radius 3 is 2.33 bits per heavy atom. The van der Waals surface area contributed by atoms with Crippen LogP contribution in [0.1, 0.15) is 0 Å². The van der Waals surface area contributed by atoms with E-state index >= 15 is 0 Å². The van der Waals surface area contributed by atoms with Crippen molar-refractivity contribution < 1.29 is 26.6 Å². The molecule has 0 saturated heterocycles. The van der Waals surface area contributed by atoms with Crippen molar-refractivity contribution in [1.29, 1.82) is 0 Å². The van der Waals surface area contributed by atoms with Crippen LogP contribution in [0.15, 0.2) is 0 Å². The maximum Gasteiger partial charge on any atom is 0.139 e. The van der Waals surface area contributed by atoms with E-state index < -0.39 is 31.0 Å². The summed E-state index contributed by atoms with van der Waals surface area (Å²) in [6.45, 7) is -0.734. The van der Waals surface area contributed by atoms with Crippen LogP contribution in [0.5, 0.6) is 0 Å². The van der Waals surface area contributed by atoms with E-state index in [2.05, 4.69) is 0 Å². The predicted octanol–water partition coefficient (Wildman–Crippen LogP) is -3.41. The lowest BCUT2D eigenvalue weighted by Gasteiger charge is -2.23. The molecule has 12 heavy (non-hydrogen) atoms. The number of hydrogen-bond acceptors (Lipinski definition) is 6. The lowest BCUT2D eigenvalue weighted by atomic mass is 10.0. The van der Waals surface area contributed by atoms with Gasteiger partial charge in [0.05, 0.1) is 12.6 Å². The second-order valence-corrected chi connectivity index (χ2v) is 2.39. The molecular formula is C6H13NO5. The van der Waals surface area contributed by atoms with Crippen LogP contribution in [0, 0.1) is 0 Å². The number of nitrogens with two attached hydrogens (primary N) is 1. The summed E-state index contributed by atoms with van der Waals surface area (Å²) in [6, 6.07) is -1.30. The molecule has 6 heteroatoms. The number of hydrogen-bond donors (Lipinski definition) is 5. The number of carbonyl (C=O) groups excluding carboxylic acids is 1. The van der Waals surface area contributed by atoms with Crippen molar-refractivity contribution in [2.24, 2.45) is 5.73 Å². The van der Waals surface area contributed by atoms with E-state index in [4.69, 9.17) is 21.8 Å². The molecule has 0 spiro atoms. The molecule has 0 aliphatic heterocycles. The monoisotopic (exact) mass is 180 g/mol. The highest BCUT2D eigenvalue weighted by molar-refractivity contribution is 5.58. The van der Waals surface area contributed by atoms with E-state index in [9.17, 15) is 4.79 Å². The van der Waals surface area contributed by atoms with Gasteiger partial charge in [-0.2, -0.15) is 0 Å². The molecule has 0 aliphatic rings. The number of aliphatic hydroxyl groups is 4. The highest BCUT2D eigenvalue weighted by Crippen LogP contribution is 2.01. The lowest BCUT2D eigenvalue weighted by molar-refractivity contribution is -0.118. The first-order valence-corrected chi connectivity index (χ1v) is 3.36. The van der Waals surface area contributed by atoms with Crippen molar-refractivity contribution in [3.05, 3.63) is 0 Å². The summed E-state index contributed by atoms with van der Waals surface area (Å²) in [7, 11) is 0. The average molecular weight is 180 g/mol. The second-order valence-electron chi connectivity index (χ2n) is 2.39. The molecule has 0 aromatic heterocycles. The van der Waals surface area contributed by atoms with Gasteiger partial charge < -0.3 is 30.9 Å². The molecule has 0 radical (unpaired) electrons. The van der Waals surface area contributed by atoms with Crippen LogP contribution < -0.4 is 5.73 Å². The maximum atomic E-state index is 10.2. The fourth-order valence-corrected chi connectivity index (χ4v) is 0.629. The normalized spacial score (nSPS) is 22.2. The molecule has 0 fully saturated rings. The smallest absolute Gasteiger partial charge is 0.139 e. The molecule has 4 atom stereocenters. The Morgan fingerprint density at radius 2 is 2.00 bits per heavy atom. The second kappa shape index (κ2) is 5.18. The van der Waals surface area contributed by atoms with Crippen molar-refractivity contribution in [2.45, 2.75) is 24.4 Å². The number of aldehydes is 1. The molecule has 0 saturated carbocycles. The van der Waals surface area contributed by atoms with Crippen molar-refractivity contribution in [2.75, 3.05) is 6.61 Å². The van der Waals surface area contributed by atoms with Crippen LogP contribution >= 0.6 is 0 Å². The molecule has 0 aromatic carbocycles. The molecule has 0 unspecified atom stereocenters. The number of carbonyl (C=O) groups is 1. The van der Waals surface area contributed by atoms with E-state index in [0.29, 0.717) is 0 Å². The van der Waals surface area contributed by atoms with Crippen LogP contribution in [0.4, 0.5) is 0 Å². The Bertz CT molecular complexity index is 158. The average Bonchev–Trinajstić information content (AvgIpc) is 2.17. The third kappa shape index (κ3) is 2.84. The van der Waals surface area contributed by atoms with E-state index in [-0.39, 0.29) is 6.29 Å². The molecule has 0 heterocycles. The largest absolute Gasteiger partial charge is 0.394 e. The minimum Gasteiger partial charge on any atom is -0.394 e. The van der Waals surface area contributed by atoms with Gasteiger partial charge in [-0.25, -0.2) is 0 Å². The SMILES string of the molecule is [2H]N[C@@H](C=O)[C@@H](O)[C@H](O)[C@H](O)CO. The summed E-state index contributed by atoms with van der Waals surface area (Å²) < 4.78 is 6.59. The van der Waals surface area contributed by atoms with Gasteiger partial charge in [0, 0.05) is 0 Å². The van der Waals surface area contributed by atoms with Gasteiger partial charge in [-0.3, -0.25) is 0 Å². The number of aliphatic hydroxyl groups excluding tert-OH is 4. The first-order valence-electron chi connectivity index (χ1n) is 3.86. The van der Waals surface area contributed by atoms with Crippen LogP contribution in [-0.2, 0) is 4.79 Å². The molecule has 0 aromatic rings. The molecule has 0 bridgehead atoms. The van der Waals surface area contributed by atoms with E-state index in [0.717, 1.165) is 0 Å². The maximum absolute atomic E-state index is 10.2. The van der Waals surface area contributed by atoms with Gasteiger partial charge in [0.2, 0.25) is 0 Å². The van der Waals surface area contributed by atoms with Crippen molar-refractivity contribution in [1.82, 2.24) is 0 Å². The van der Waals surface area contributed by atoms with Gasteiger partial charge in [-0.1, -0.05) is 0 Å². The van der Waals surface area contributed by atoms with Crippen LogP contribution in [0.2, 0.25) is 1.41 Å². The van der Waals surface area contributed by atoms with Gasteiger partial charge in [-0.15, -0.1) is 0 Å². The van der Waals surface area contributed by atoms with Crippen molar-refractivity contribution in [3.8, 4) is 0 Å². The fraction of sp³-hybridized carbons (Fsp3) is 0.833.